The summed E-state index contributed by atoms with van der Waals surface area (Å²) < 4.78 is 24.4. The van der Waals surface area contributed by atoms with Crippen molar-refractivity contribution < 1.29 is 18.1 Å². The summed E-state index contributed by atoms with van der Waals surface area (Å²) in [5.74, 6) is 1.14. The van der Waals surface area contributed by atoms with E-state index in [-0.39, 0.29) is 11.5 Å². The summed E-state index contributed by atoms with van der Waals surface area (Å²) in [7, 11) is 0. The number of H-pyrrole nitrogens is 1. The molecular weight excluding hydrogens is 463 g/mol. The fourth-order valence-electron chi connectivity index (χ4n) is 4.43. The van der Waals surface area contributed by atoms with Gasteiger partial charge in [0.05, 0.1) is 18.3 Å². The van der Waals surface area contributed by atoms with E-state index in [0.29, 0.717) is 18.1 Å². The maximum Gasteiger partial charge on any atom is 0.279 e. The topological polar surface area (TPSA) is 103 Å². The molecule has 36 heavy (non-hydrogen) atoms. The molecule has 2 N–H and O–H groups in total. The number of aromatic amines is 1. The summed E-state index contributed by atoms with van der Waals surface area (Å²) in [6, 6.07) is 17.7. The van der Waals surface area contributed by atoms with Gasteiger partial charge in [-0.2, -0.15) is 5.10 Å². The molecule has 6 rings (SSSR count). The number of piperazine rings is 1. The van der Waals surface area contributed by atoms with Crippen LogP contribution in [0.5, 0.6) is 0 Å². The van der Waals surface area contributed by atoms with Gasteiger partial charge >= 0.3 is 0 Å². The molecule has 182 valence electrons. The van der Waals surface area contributed by atoms with E-state index in [1.54, 1.807) is 24.5 Å². The van der Waals surface area contributed by atoms with Crippen LogP contribution in [0, 0.1) is 5.82 Å². The quantitative estimate of drug-likeness (QED) is 0.364. The molecule has 0 unspecified atom stereocenters. The van der Waals surface area contributed by atoms with Crippen LogP contribution in [0.4, 0.5) is 15.9 Å². The summed E-state index contributed by atoms with van der Waals surface area (Å²) >= 11 is 0. The van der Waals surface area contributed by atoms with Crippen molar-refractivity contribution in [2.45, 2.75) is 6.54 Å². The number of furan rings is 1. The largest absolute Gasteiger partial charge is 0.464 e. The van der Waals surface area contributed by atoms with Gasteiger partial charge in [-0.15, -0.1) is 0 Å². The lowest BCUT2D eigenvalue weighted by Crippen LogP contribution is -2.45. The predicted octanol–water partition coefficient (Wildman–Crippen LogP) is 4.52. The first-order chi connectivity index (χ1) is 17.6. The van der Waals surface area contributed by atoms with Gasteiger partial charge < -0.3 is 19.2 Å². The Hall–Kier alpha value is -4.44. The average molecular weight is 487 g/mol. The molecule has 1 aliphatic heterocycles. The number of hydrogen-bond acceptors (Lipinski definition) is 7. The molecule has 1 amide bonds. The van der Waals surface area contributed by atoms with Gasteiger partial charge in [-0.1, -0.05) is 17.3 Å². The van der Waals surface area contributed by atoms with E-state index in [1.807, 2.05) is 36.4 Å². The SMILES string of the molecule is O=C(Nc1n[nH]c2cc(-c3ccco3)ccc12)c1cc(CN2CCN(c3cccc(F)c3)CC2)on1. The zero-order valence-electron chi connectivity index (χ0n) is 19.3. The van der Waals surface area contributed by atoms with Crippen molar-refractivity contribution in [3.8, 4) is 11.3 Å². The molecule has 0 aliphatic carbocycles. The molecule has 10 heteroatoms. The smallest absolute Gasteiger partial charge is 0.279 e. The van der Waals surface area contributed by atoms with Crippen LogP contribution in [0.15, 0.2) is 75.9 Å². The first-order valence-electron chi connectivity index (χ1n) is 11.6. The molecule has 4 heterocycles. The molecular formula is C26H23FN6O3. The van der Waals surface area contributed by atoms with Gasteiger partial charge in [-0.3, -0.25) is 14.8 Å². The van der Waals surface area contributed by atoms with Crippen molar-refractivity contribution in [3.05, 3.63) is 84.2 Å². The molecule has 3 aromatic heterocycles. The number of nitrogens with zero attached hydrogens (tertiary/aromatic N) is 4. The fraction of sp³-hybridized carbons (Fsp3) is 0.192. The Bertz CT molecular complexity index is 1500. The first-order valence-corrected chi connectivity index (χ1v) is 11.6. The second-order valence-electron chi connectivity index (χ2n) is 8.69. The van der Waals surface area contributed by atoms with E-state index in [2.05, 4.69) is 30.5 Å². The maximum absolute atomic E-state index is 13.5. The Kier molecular flexibility index (Phi) is 5.70. The van der Waals surface area contributed by atoms with Gasteiger partial charge in [0.15, 0.2) is 17.3 Å². The average Bonchev–Trinajstić information content (AvgIpc) is 3.66. The van der Waals surface area contributed by atoms with Gasteiger partial charge in [0.1, 0.15) is 11.6 Å². The number of carbonyl (C=O) groups excluding carboxylic acids is 1. The molecule has 1 aliphatic rings. The van der Waals surface area contributed by atoms with Crippen molar-refractivity contribution >= 4 is 28.3 Å². The molecule has 2 aromatic carbocycles. The normalized spacial score (nSPS) is 14.4. The lowest BCUT2D eigenvalue weighted by molar-refractivity contribution is 0.101. The van der Waals surface area contributed by atoms with E-state index >= 15 is 0 Å². The summed E-state index contributed by atoms with van der Waals surface area (Å²) in [6.07, 6.45) is 1.62. The minimum Gasteiger partial charge on any atom is -0.464 e. The maximum atomic E-state index is 13.5. The second kappa shape index (κ2) is 9.31. The standard InChI is InChI=1S/C26H23FN6O3/c27-18-3-1-4-19(14-18)33-10-8-32(9-11-33)16-20-15-23(31-36-20)26(34)28-25-21-7-6-17(13-22(21)29-30-25)24-5-2-12-35-24/h1-7,12-15H,8-11,16H2,(H2,28,29,30,34). The van der Waals surface area contributed by atoms with Crippen LogP contribution < -0.4 is 10.2 Å². The molecule has 0 saturated carbocycles. The number of hydrogen-bond donors (Lipinski definition) is 2. The molecule has 0 spiro atoms. The van der Waals surface area contributed by atoms with Crippen LogP contribution in [-0.2, 0) is 6.54 Å². The van der Waals surface area contributed by atoms with Crippen LogP contribution in [0.2, 0.25) is 0 Å². The number of benzene rings is 2. The number of aromatic nitrogens is 3. The number of halogens is 1. The Balaban J connectivity index is 1.07. The zero-order chi connectivity index (χ0) is 24.5. The van der Waals surface area contributed by atoms with Crippen molar-refractivity contribution in [1.82, 2.24) is 20.3 Å². The van der Waals surface area contributed by atoms with Gasteiger partial charge in [0.25, 0.3) is 5.91 Å². The van der Waals surface area contributed by atoms with Crippen LogP contribution in [0.1, 0.15) is 16.2 Å². The van der Waals surface area contributed by atoms with Gasteiger partial charge in [0, 0.05) is 48.9 Å². The number of rotatable bonds is 6. The summed E-state index contributed by atoms with van der Waals surface area (Å²) in [5.41, 5.74) is 2.76. The molecule has 0 atom stereocenters. The van der Waals surface area contributed by atoms with Crippen molar-refractivity contribution in [2.75, 3.05) is 36.4 Å². The van der Waals surface area contributed by atoms with E-state index in [9.17, 15) is 9.18 Å². The highest BCUT2D eigenvalue weighted by Gasteiger charge is 2.21. The molecule has 5 aromatic rings. The van der Waals surface area contributed by atoms with Crippen LogP contribution >= 0.6 is 0 Å². The van der Waals surface area contributed by atoms with Crippen LogP contribution in [0.3, 0.4) is 0 Å². The lowest BCUT2D eigenvalue weighted by Gasteiger charge is -2.35. The van der Waals surface area contributed by atoms with E-state index in [0.717, 1.165) is 54.1 Å². The van der Waals surface area contributed by atoms with Crippen LogP contribution in [-0.4, -0.2) is 52.3 Å². The second-order valence-corrected chi connectivity index (χ2v) is 8.69. The number of anilines is 2. The fourth-order valence-corrected chi connectivity index (χ4v) is 4.43. The molecule has 1 saturated heterocycles. The Morgan fingerprint density at radius 3 is 2.75 bits per heavy atom. The Morgan fingerprint density at radius 1 is 1.06 bits per heavy atom. The monoisotopic (exact) mass is 486 g/mol. The molecule has 0 radical (unpaired) electrons. The number of amides is 1. The van der Waals surface area contributed by atoms with Crippen molar-refractivity contribution in [2.24, 2.45) is 0 Å². The minimum atomic E-state index is -0.399. The third kappa shape index (κ3) is 4.46. The number of nitrogens with one attached hydrogen (secondary N) is 2. The summed E-state index contributed by atoms with van der Waals surface area (Å²) in [4.78, 5) is 17.2. The van der Waals surface area contributed by atoms with E-state index in [1.165, 1.54) is 6.07 Å². The minimum absolute atomic E-state index is 0.187. The highest BCUT2D eigenvalue weighted by Crippen LogP contribution is 2.27. The van der Waals surface area contributed by atoms with Gasteiger partial charge in [-0.25, -0.2) is 4.39 Å². The zero-order valence-corrected chi connectivity index (χ0v) is 19.3. The molecule has 0 bridgehead atoms. The Labute approximate surface area is 205 Å². The summed E-state index contributed by atoms with van der Waals surface area (Å²) in [5, 5.41) is 14.7. The van der Waals surface area contributed by atoms with Crippen molar-refractivity contribution in [3.63, 3.8) is 0 Å². The van der Waals surface area contributed by atoms with E-state index < -0.39 is 5.91 Å². The molecule has 9 nitrogen and oxygen atoms in total. The lowest BCUT2D eigenvalue weighted by atomic mass is 10.1. The molecule has 1 fully saturated rings. The number of fused-ring (bicyclic) bond motifs is 1. The van der Waals surface area contributed by atoms with Crippen LogP contribution in [0.25, 0.3) is 22.2 Å². The number of carbonyl (C=O) groups is 1. The highest BCUT2D eigenvalue weighted by molar-refractivity contribution is 6.07. The van der Waals surface area contributed by atoms with Gasteiger partial charge in [0.2, 0.25) is 0 Å². The third-order valence-corrected chi connectivity index (χ3v) is 6.32. The highest BCUT2D eigenvalue weighted by atomic mass is 19.1. The van der Waals surface area contributed by atoms with E-state index in [4.69, 9.17) is 8.94 Å². The van der Waals surface area contributed by atoms with Crippen molar-refractivity contribution in [1.29, 1.82) is 0 Å². The first kappa shape index (κ1) is 22.1. The Morgan fingerprint density at radius 2 is 1.94 bits per heavy atom. The summed E-state index contributed by atoms with van der Waals surface area (Å²) in [6.45, 7) is 3.67. The van der Waals surface area contributed by atoms with Gasteiger partial charge in [-0.05, 0) is 42.5 Å². The predicted molar refractivity (Wildman–Crippen MR) is 132 cm³/mol. The third-order valence-electron chi connectivity index (χ3n) is 6.32.